The summed E-state index contributed by atoms with van der Waals surface area (Å²) in [6.45, 7) is 6.45. The van der Waals surface area contributed by atoms with Crippen molar-refractivity contribution < 1.29 is 33.4 Å². The molecule has 19 heavy (non-hydrogen) atoms. The van der Waals surface area contributed by atoms with Gasteiger partial charge in [-0.05, 0) is 0 Å². The Morgan fingerprint density at radius 3 is 1.58 bits per heavy atom. The Kier molecular flexibility index (Phi) is 8.01. The fourth-order valence-corrected chi connectivity index (χ4v) is 0.706. The molecule has 0 bridgehead atoms. The highest BCUT2D eigenvalue weighted by molar-refractivity contribution is 6.04. The van der Waals surface area contributed by atoms with Gasteiger partial charge in [0.2, 0.25) is 0 Å². The Labute approximate surface area is 109 Å². The summed E-state index contributed by atoms with van der Waals surface area (Å²) in [5, 5.41) is 0. The van der Waals surface area contributed by atoms with E-state index < -0.39 is 23.9 Å². The summed E-state index contributed by atoms with van der Waals surface area (Å²) in [6, 6.07) is 0. The molecule has 0 aromatic rings. The number of carbonyl (C=O) groups is 4. The first kappa shape index (κ1) is 16.3. The smallest absolute Gasteiger partial charge is 0.338 e. The van der Waals surface area contributed by atoms with Crippen molar-refractivity contribution in [2.75, 3.05) is 13.2 Å². The molecule has 0 saturated heterocycles. The van der Waals surface area contributed by atoms with E-state index >= 15 is 0 Å². The van der Waals surface area contributed by atoms with E-state index in [0.29, 0.717) is 0 Å². The average molecular weight is 268 g/mol. The quantitative estimate of drug-likeness (QED) is 0.229. The SMILES string of the molecule is C=CC(=O)OCCOC(=O)C=C.O=C1C=CC(=O)O1. The minimum absolute atomic E-state index is 0.0322. The van der Waals surface area contributed by atoms with Crippen LogP contribution in [0.3, 0.4) is 0 Å². The molecule has 0 aromatic carbocycles. The predicted octanol–water partition coefficient (Wildman–Crippen LogP) is 0.0708. The minimum Gasteiger partial charge on any atom is -0.459 e. The molecule has 7 nitrogen and oxygen atoms in total. The van der Waals surface area contributed by atoms with E-state index in [2.05, 4.69) is 27.4 Å². The maximum atomic E-state index is 10.4. The van der Waals surface area contributed by atoms with Gasteiger partial charge in [0, 0.05) is 24.3 Å². The van der Waals surface area contributed by atoms with Crippen molar-refractivity contribution in [1.29, 1.82) is 0 Å². The van der Waals surface area contributed by atoms with Crippen molar-refractivity contribution in [1.82, 2.24) is 0 Å². The lowest BCUT2D eigenvalue weighted by atomic mass is 10.6. The molecule has 0 radical (unpaired) electrons. The Morgan fingerprint density at radius 1 is 1.00 bits per heavy atom. The molecule has 0 N–H and O–H groups in total. The molecule has 0 fully saturated rings. The van der Waals surface area contributed by atoms with Gasteiger partial charge in [-0.1, -0.05) is 13.2 Å². The molecular weight excluding hydrogens is 256 g/mol. The molecule has 0 spiro atoms. The summed E-state index contributed by atoms with van der Waals surface area (Å²) in [6.07, 6.45) is 4.25. The molecule has 0 aliphatic carbocycles. The van der Waals surface area contributed by atoms with E-state index in [9.17, 15) is 19.2 Å². The van der Waals surface area contributed by atoms with Gasteiger partial charge in [0.15, 0.2) is 0 Å². The summed E-state index contributed by atoms with van der Waals surface area (Å²) >= 11 is 0. The maximum absolute atomic E-state index is 10.4. The van der Waals surface area contributed by atoms with Crippen LogP contribution in [0.4, 0.5) is 0 Å². The van der Waals surface area contributed by atoms with E-state index in [1.54, 1.807) is 0 Å². The molecule has 1 aliphatic rings. The zero-order valence-electron chi connectivity index (χ0n) is 10.00. The van der Waals surface area contributed by atoms with E-state index in [1.165, 1.54) is 0 Å². The van der Waals surface area contributed by atoms with Crippen LogP contribution in [0.1, 0.15) is 0 Å². The zero-order valence-corrected chi connectivity index (χ0v) is 10.00. The number of rotatable bonds is 5. The maximum Gasteiger partial charge on any atom is 0.338 e. The molecule has 7 heteroatoms. The molecule has 0 saturated carbocycles. The van der Waals surface area contributed by atoms with Gasteiger partial charge in [-0.25, -0.2) is 19.2 Å². The largest absolute Gasteiger partial charge is 0.459 e. The second-order valence-corrected chi connectivity index (χ2v) is 2.82. The summed E-state index contributed by atoms with van der Waals surface area (Å²) < 4.78 is 13.0. The van der Waals surface area contributed by atoms with E-state index in [4.69, 9.17) is 0 Å². The van der Waals surface area contributed by atoms with Crippen LogP contribution in [-0.2, 0) is 33.4 Å². The predicted molar refractivity (Wildman–Crippen MR) is 62.6 cm³/mol. The first-order valence-corrected chi connectivity index (χ1v) is 5.01. The number of cyclic esters (lactones) is 2. The van der Waals surface area contributed by atoms with Gasteiger partial charge in [0.25, 0.3) is 0 Å². The molecule has 1 aliphatic heterocycles. The Bertz CT molecular complexity index is 382. The van der Waals surface area contributed by atoms with Gasteiger partial charge >= 0.3 is 23.9 Å². The van der Waals surface area contributed by atoms with Crippen LogP contribution in [0.15, 0.2) is 37.5 Å². The van der Waals surface area contributed by atoms with Gasteiger partial charge in [-0.2, -0.15) is 0 Å². The van der Waals surface area contributed by atoms with Gasteiger partial charge in [0.05, 0.1) is 0 Å². The van der Waals surface area contributed by atoms with Gasteiger partial charge < -0.3 is 14.2 Å². The van der Waals surface area contributed by atoms with Crippen LogP contribution < -0.4 is 0 Å². The van der Waals surface area contributed by atoms with Gasteiger partial charge in [-0.3, -0.25) is 0 Å². The average Bonchev–Trinajstić information content (AvgIpc) is 2.78. The lowest BCUT2D eigenvalue weighted by Crippen LogP contribution is -2.10. The first-order chi connectivity index (χ1) is 8.99. The van der Waals surface area contributed by atoms with Crippen molar-refractivity contribution in [3.05, 3.63) is 37.5 Å². The summed E-state index contributed by atoms with van der Waals surface area (Å²) in [5.74, 6) is -2.23. The van der Waals surface area contributed by atoms with Crippen molar-refractivity contribution in [2.24, 2.45) is 0 Å². The van der Waals surface area contributed by atoms with Gasteiger partial charge in [-0.15, -0.1) is 0 Å². The summed E-state index contributed by atoms with van der Waals surface area (Å²) in [4.78, 5) is 40.7. The normalized spacial score (nSPS) is 11.8. The molecule has 0 atom stereocenters. The molecule has 0 amide bonds. The molecule has 0 aromatic heterocycles. The Hall–Kier alpha value is -2.70. The van der Waals surface area contributed by atoms with Crippen molar-refractivity contribution >= 4 is 23.9 Å². The highest BCUT2D eigenvalue weighted by Crippen LogP contribution is 1.92. The van der Waals surface area contributed by atoms with Crippen LogP contribution in [-0.4, -0.2) is 37.1 Å². The van der Waals surface area contributed by atoms with E-state index in [0.717, 1.165) is 24.3 Å². The lowest BCUT2D eigenvalue weighted by molar-refractivity contribution is -0.150. The fourth-order valence-electron chi connectivity index (χ4n) is 0.706. The van der Waals surface area contributed by atoms with Crippen LogP contribution in [0.25, 0.3) is 0 Å². The molecule has 1 rings (SSSR count). The van der Waals surface area contributed by atoms with Crippen molar-refractivity contribution in [3.63, 3.8) is 0 Å². The molecular formula is C12H12O7. The van der Waals surface area contributed by atoms with Crippen molar-refractivity contribution in [2.45, 2.75) is 0 Å². The standard InChI is InChI=1S/C8H10O4.C4H2O3/c1-3-7(9)11-5-6-12-8(10)4-2;5-3-1-2-4(6)7-3/h3-4H,1-2,5-6H2;1-2H. The van der Waals surface area contributed by atoms with Gasteiger partial charge in [0.1, 0.15) is 13.2 Å². The monoisotopic (exact) mass is 268 g/mol. The van der Waals surface area contributed by atoms with Crippen LogP contribution >= 0.6 is 0 Å². The fraction of sp³-hybridized carbons (Fsp3) is 0.167. The van der Waals surface area contributed by atoms with Crippen molar-refractivity contribution in [3.8, 4) is 0 Å². The number of hydrogen-bond donors (Lipinski definition) is 0. The first-order valence-electron chi connectivity index (χ1n) is 5.01. The van der Waals surface area contributed by atoms with E-state index in [1.807, 2.05) is 0 Å². The van der Waals surface area contributed by atoms with Crippen LogP contribution in [0.2, 0.25) is 0 Å². The molecule has 0 unspecified atom stereocenters. The molecule has 1 heterocycles. The third-order valence-electron chi connectivity index (χ3n) is 1.46. The number of hydrogen-bond acceptors (Lipinski definition) is 7. The Balaban J connectivity index is 0.000000388. The highest BCUT2D eigenvalue weighted by atomic mass is 16.6. The number of carbonyl (C=O) groups excluding carboxylic acids is 4. The highest BCUT2D eigenvalue weighted by Gasteiger charge is 2.10. The Morgan fingerprint density at radius 2 is 1.37 bits per heavy atom. The third-order valence-corrected chi connectivity index (χ3v) is 1.46. The zero-order chi connectivity index (χ0) is 14.7. The second kappa shape index (κ2) is 9.34. The summed E-state index contributed by atoms with van der Waals surface area (Å²) in [5.41, 5.74) is 0. The minimum atomic E-state index is -0.579. The van der Waals surface area contributed by atoms with Crippen LogP contribution in [0.5, 0.6) is 0 Å². The van der Waals surface area contributed by atoms with Crippen LogP contribution in [0, 0.1) is 0 Å². The summed E-state index contributed by atoms with van der Waals surface area (Å²) in [7, 11) is 0. The second-order valence-electron chi connectivity index (χ2n) is 2.82. The number of esters is 4. The topological polar surface area (TPSA) is 96.0 Å². The lowest BCUT2D eigenvalue weighted by Gasteiger charge is -2.01. The number of ether oxygens (including phenoxy) is 3. The molecule has 102 valence electrons. The third kappa shape index (κ3) is 9.04. The van der Waals surface area contributed by atoms with E-state index in [-0.39, 0.29) is 13.2 Å².